The third kappa shape index (κ3) is 5.09. The van der Waals surface area contributed by atoms with E-state index in [1.807, 2.05) is 11.8 Å². The van der Waals surface area contributed by atoms with Gasteiger partial charge in [-0.15, -0.1) is 11.3 Å². The summed E-state index contributed by atoms with van der Waals surface area (Å²) in [6, 6.07) is 2.08. The SMILES string of the molecule is CSC(C)CCNCc1cc(Br)c(Cl)s1. The summed E-state index contributed by atoms with van der Waals surface area (Å²) in [5.74, 6) is 0. The second-order valence-corrected chi connectivity index (χ2v) is 7.22. The zero-order chi connectivity index (χ0) is 11.3. The fourth-order valence-corrected chi connectivity index (χ4v) is 3.23. The number of thiophene rings is 1. The molecule has 0 aliphatic heterocycles. The molecule has 86 valence electrons. The van der Waals surface area contributed by atoms with Crippen LogP contribution < -0.4 is 5.32 Å². The molecule has 0 bridgehead atoms. The maximum Gasteiger partial charge on any atom is 0.107 e. The average Bonchev–Trinajstić information content (AvgIpc) is 2.53. The summed E-state index contributed by atoms with van der Waals surface area (Å²) in [5, 5.41) is 4.16. The van der Waals surface area contributed by atoms with Crippen LogP contribution in [0.15, 0.2) is 10.5 Å². The highest BCUT2D eigenvalue weighted by Crippen LogP contribution is 2.31. The third-order valence-corrected chi connectivity index (χ3v) is 5.64. The fourth-order valence-electron chi connectivity index (χ4n) is 1.11. The highest BCUT2D eigenvalue weighted by Gasteiger charge is 2.04. The van der Waals surface area contributed by atoms with E-state index in [1.165, 1.54) is 11.3 Å². The van der Waals surface area contributed by atoms with Crippen molar-refractivity contribution < 1.29 is 0 Å². The molecule has 0 aliphatic carbocycles. The van der Waals surface area contributed by atoms with Crippen molar-refractivity contribution in [2.75, 3.05) is 12.8 Å². The van der Waals surface area contributed by atoms with Crippen LogP contribution in [0.4, 0.5) is 0 Å². The molecule has 1 aromatic rings. The average molecular weight is 329 g/mol. The van der Waals surface area contributed by atoms with Crippen molar-refractivity contribution in [3.8, 4) is 0 Å². The Morgan fingerprint density at radius 3 is 2.93 bits per heavy atom. The van der Waals surface area contributed by atoms with E-state index >= 15 is 0 Å². The van der Waals surface area contributed by atoms with E-state index in [1.54, 1.807) is 11.3 Å². The number of halogens is 2. The van der Waals surface area contributed by atoms with Gasteiger partial charge >= 0.3 is 0 Å². The normalized spacial score (nSPS) is 13.1. The Morgan fingerprint density at radius 2 is 2.40 bits per heavy atom. The van der Waals surface area contributed by atoms with Crippen LogP contribution in [0, 0.1) is 0 Å². The van der Waals surface area contributed by atoms with Gasteiger partial charge < -0.3 is 5.32 Å². The minimum atomic E-state index is 0.733. The number of thioether (sulfide) groups is 1. The summed E-state index contributed by atoms with van der Waals surface area (Å²) >= 11 is 12.9. The number of hydrogen-bond donors (Lipinski definition) is 1. The van der Waals surface area contributed by atoms with Crippen molar-refractivity contribution in [2.24, 2.45) is 0 Å². The zero-order valence-electron chi connectivity index (χ0n) is 8.85. The van der Waals surface area contributed by atoms with Gasteiger partial charge in [0.1, 0.15) is 4.34 Å². The second kappa shape index (κ2) is 7.17. The van der Waals surface area contributed by atoms with Gasteiger partial charge in [-0.05, 0) is 41.2 Å². The number of hydrogen-bond acceptors (Lipinski definition) is 3. The summed E-state index contributed by atoms with van der Waals surface area (Å²) in [6.45, 7) is 4.23. The lowest BCUT2D eigenvalue weighted by Crippen LogP contribution is -2.16. The van der Waals surface area contributed by atoms with Crippen molar-refractivity contribution in [3.63, 3.8) is 0 Å². The largest absolute Gasteiger partial charge is 0.312 e. The Bertz CT molecular complexity index is 284. The summed E-state index contributed by atoms with van der Waals surface area (Å²) in [6.07, 6.45) is 3.36. The minimum Gasteiger partial charge on any atom is -0.312 e. The Kier molecular flexibility index (Phi) is 6.62. The molecule has 0 radical (unpaired) electrons. The molecule has 1 rings (SSSR count). The Hall–Kier alpha value is 0.780. The number of nitrogens with one attached hydrogen (secondary N) is 1. The Balaban J connectivity index is 2.20. The van der Waals surface area contributed by atoms with Crippen LogP contribution in [-0.2, 0) is 6.54 Å². The van der Waals surface area contributed by atoms with Crippen LogP contribution >= 0.6 is 50.6 Å². The first-order chi connectivity index (χ1) is 7.13. The van der Waals surface area contributed by atoms with Gasteiger partial charge in [-0.2, -0.15) is 11.8 Å². The van der Waals surface area contributed by atoms with Gasteiger partial charge in [0, 0.05) is 21.1 Å². The summed E-state index contributed by atoms with van der Waals surface area (Å²) in [7, 11) is 0. The molecule has 1 N–H and O–H groups in total. The summed E-state index contributed by atoms with van der Waals surface area (Å²) in [4.78, 5) is 1.28. The first kappa shape index (κ1) is 13.8. The molecular weight excluding hydrogens is 314 g/mol. The minimum absolute atomic E-state index is 0.733. The first-order valence-electron chi connectivity index (χ1n) is 4.80. The Morgan fingerprint density at radius 1 is 1.67 bits per heavy atom. The smallest absolute Gasteiger partial charge is 0.107 e. The van der Waals surface area contributed by atoms with Crippen molar-refractivity contribution >= 4 is 50.6 Å². The highest BCUT2D eigenvalue weighted by molar-refractivity contribution is 9.10. The summed E-state index contributed by atoms with van der Waals surface area (Å²) < 4.78 is 1.84. The van der Waals surface area contributed by atoms with E-state index in [4.69, 9.17) is 11.6 Å². The van der Waals surface area contributed by atoms with Crippen LogP contribution in [0.2, 0.25) is 4.34 Å². The van der Waals surface area contributed by atoms with Crippen LogP contribution in [0.1, 0.15) is 18.2 Å². The van der Waals surface area contributed by atoms with Crippen LogP contribution in [0.5, 0.6) is 0 Å². The van der Waals surface area contributed by atoms with Gasteiger partial charge in [0.15, 0.2) is 0 Å². The first-order valence-corrected chi connectivity index (χ1v) is 8.08. The lowest BCUT2D eigenvalue weighted by molar-refractivity contribution is 0.653. The van der Waals surface area contributed by atoms with E-state index in [2.05, 4.69) is 40.5 Å². The van der Waals surface area contributed by atoms with E-state index in [0.717, 1.165) is 27.1 Å². The predicted molar refractivity (Wildman–Crippen MR) is 76.3 cm³/mol. The van der Waals surface area contributed by atoms with Crippen LogP contribution in [0.25, 0.3) is 0 Å². The predicted octanol–water partition coefficient (Wildman–Crippen LogP) is 4.40. The molecule has 0 fully saturated rings. The molecule has 0 saturated carbocycles. The maximum absolute atomic E-state index is 5.96. The lowest BCUT2D eigenvalue weighted by atomic mass is 10.3. The molecular formula is C10H15BrClNS2. The maximum atomic E-state index is 5.96. The molecule has 15 heavy (non-hydrogen) atoms. The van der Waals surface area contributed by atoms with Gasteiger partial charge in [-0.3, -0.25) is 0 Å². The lowest BCUT2D eigenvalue weighted by Gasteiger charge is -2.07. The molecule has 1 heterocycles. The topological polar surface area (TPSA) is 12.0 Å². The van der Waals surface area contributed by atoms with Crippen LogP contribution in [-0.4, -0.2) is 18.1 Å². The van der Waals surface area contributed by atoms with E-state index in [9.17, 15) is 0 Å². The monoisotopic (exact) mass is 327 g/mol. The molecule has 0 saturated heterocycles. The summed E-state index contributed by atoms with van der Waals surface area (Å²) in [5.41, 5.74) is 0. The number of rotatable bonds is 6. The second-order valence-electron chi connectivity index (χ2n) is 3.35. The standard InChI is InChI=1S/C10H15BrClNS2/c1-7(14-2)3-4-13-6-8-5-9(11)10(12)15-8/h5,7,13H,3-4,6H2,1-2H3. The van der Waals surface area contributed by atoms with Gasteiger partial charge in [-0.1, -0.05) is 18.5 Å². The van der Waals surface area contributed by atoms with Gasteiger partial charge in [-0.25, -0.2) is 0 Å². The van der Waals surface area contributed by atoms with Crippen molar-refractivity contribution in [2.45, 2.75) is 25.1 Å². The quantitative estimate of drug-likeness (QED) is 0.777. The fraction of sp³-hybridized carbons (Fsp3) is 0.600. The highest BCUT2D eigenvalue weighted by atomic mass is 79.9. The van der Waals surface area contributed by atoms with E-state index < -0.39 is 0 Å². The Labute approximate surface area is 113 Å². The zero-order valence-corrected chi connectivity index (χ0v) is 12.8. The molecule has 1 atom stereocenters. The molecule has 0 amide bonds. The van der Waals surface area contributed by atoms with Crippen LogP contribution in [0.3, 0.4) is 0 Å². The van der Waals surface area contributed by atoms with Gasteiger partial charge in [0.25, 0.3) is 0 Å². The van der Waals surface area contributed by atoms with Gasteiger partial charge in [0.05, 0.1) is 0 Å². The van der Waals surface area contributed by atoms with E-state index in [-0.39, 0.29) is 0 Å². The molecule has 0 aromatic carbocycles. The molecule has 0 aliphatic rings. The van der Waals surface area contributed by atoms with Crippen molar-refractivity contribution in [3.05, 3.63) is 19.8 Å². The third-order valence-electron chi connectivity index (χ3n) is 2.13. The van der Waals surface area contributed by atoms with Crippen molar-refractivity contribution in [1.82, 2.24) is 5.32 Å². The molecule has 0 spiro atoms. The molecule has 1 aromatic heterocycles. The van der Waals surface area contributed by atoms with Crippen molar-refractivity contribution in [1.29, 1.82) is 0 Å². The molecule has 1 nitrogen and oxygen atoms in total. The molecule has 5 heteroatoms. The van der Waals surface area contributed by atoms with Gasteiger partial charge in [0.2, 0.25) is 0 Å². The van der Waals surface area contributed by atoms with E-state index in [0.29, 0.717) is 0 Å². The molecule has 1 unspecified atom stereocenters.